The van der Waals surface area contributed by atoms with Crippen LogP contribution in [0.1, 0.15) is 18.9 Å². The van der Waals surface area contributed by atoms with Crippen LogP contribution in [0.3, 0.4) is 0 Å². The first-order valence-electron chi connectivity index (χ1n) is 7.02. The number of carbonyl (C=O) groups is 2. The average molecular weight is 373 g/mol. The van der Waals surface area contributed by atoms with Gasteiger partial charge in [-0.05, 0) is 43.5 Å². The van der Waals surface area contributed by atoms with E-state index in [9.17, 15) is 14.0 Å². The van der Waals surface area contributed by atoms with Crippen LogP contribution in [0.25, 0.3) is 0 Å². The predicted octanol–water partition coefficient (Wildman–Crippen LogP) is 2.64. The quantitative estimate of drug-likeness (QED) is 0.853. The number of rotatable bonds is 4. The van der Waals surface area contributed by atoms with Crippen molar-refractivity contribution >= 4 is 27.9 Å². The van der Waals surface area contributed by atoms with Crippen LogP contribution in [0.2, 0.25) is 0 Å². The molecule has 1 aromatic rings. The van der Waals surface area contributed by atoms with E-state index >= 15 is 0 Å². The minimum atomic E-state index is -0.890. The van der Waals surface area contributed by atoms with E-state index < -0.39 is 11.4 Å². The molecule has 1 unspecified atom stereocenters. The second-order valence-corrected chi connectivity index (χ2v) is 6.67. The molecule has 1 atom stereocenters. The minimum absolute atomic E-state index is 0.194. The zero-order valence-electron chi connectivity index (χ0n) is 12.2. The molecule has 2 rings (SSSR count). The van der Waals surface area contributed by atoms with Crippen molar-refractivity contribution < 1.29 is 19.1 Å². The zero-order chi connectivity index (χ0) is 16.3. The normalized spacial score (nSPS) is 21.0. The molecule has 0 aromatic heterocycles. The number of nitrogens with zero attached hydrogens (tertiary/aromatic N) is 1. The fraction of sp³-hybridized carbons (Fsp3) is 0.467. The SMILES string of the molecule is CC1(C(=O)O)CCN(C(=O)NCCc2cc(Br)ccc2F)C1. The lowest BCUT2D eigenvalue weighted by molar-refractivity contribution is -0.146. The van der Waals surface area contributed by atoms with Crippen molar-refractivity contribution in [3.63, 3.8) is 0 Å². The molecule has 1 saturated heterocycles. The molecule has 2 N–H and O–H groups in total. The summed E-state index contributed by atoms with van der Waals surface area (Å²) in [5.41, 5.74) is -0.361. The van der Waals surface area contributed by atoms with Crippen molar-refractivity contribution in [2.24, 2.45) is 5.41 Å². The predicted molar refractivity (Wildman–Crippen MR) is 83.1 cm³/mol. The molecule has 7 heteroatoms. The number of hydrogen-bond acceptors (Lipinski definition) is 2. The Morgan fingerprint density at radius 2 is 2.23 bits per heavy atom. The van der Waals surface area contributed by atoms with E-state index in [1.807, 2.05) is 0 Å². The van der Waals surface area contributed by atoms with Gasteiger partial charge in [0.15, 0.2) is 0 Å². The summed E-state index contributed by atoms with van der Waals surface area (Å²) in [6, 6.07) is 4.37. The first kappa shape index (κ1) is 16.7. The second-order valence-electron chi connectivity index (χ2n) is 5.76. The maximum atomic E-state index is 13.6. The van der Waals surface area contributed by atoms with Crippen molar-refractivity contribution in [3.05, 3.63) is 34.1 Å². The van der Waals surface area contributed by atoms with Crippen molar-refractivity contribution in [2.75, 3.05) is 19.6 Å². The van der Waals surface area contributed by atoms with Crippen LogP contribution in [0.5, 0.6) is 0 Å². The Bertz CT molecular complexity index is 596. The van der Waals surface area contributed by atoms with E-state index in [1.165, 1.54) is 11.0 Å². The van der Waals surface area contributed by atoms with Gasteiger partial charge in [0.25, 0.3) is 0 Å². The Balaban J connectivity index is 1.84. The van der Waals surface area contributed by atoms with Gasteiger partial charge in [0.05, 0.1) is 5.41 Å². The molecule has 120 valence electrons. The third-order valence-electron chi connectivity index (χ3n) is 3.96. The smallest absolute Gasteiger partial charge is 0.317 e. The largest absolute Gasteiger partial charge is 0.481 e. The third kappa shape index (κ3) is 3.76. The lowest BCUT2D eigenvalue weighted by Crippen LogP contribution is -2.41. The van der Waals surface area contributed by atoms with Crippen LogP contribution in [-0.2, 0) is 11.2 Å². The van der Waals surface area contributed by atoms with Crippen LogP contribution in [0.4, 0.5) is 9.18 Å². The molecule has 1 aliphatic heterocycles. The fourth-order valence-electron chi connectivity index (χ4n) is 2.46. The van der Waals surface area contributed by atoms with E-state index in [-0.39, 0.29) is 18.4 Å². The number of halogens is 2. The van der Waals surface area contributed by atoms with Gasteiger partial charge in [-0.1, -0.05) is 15.9 Å². The fourth-order valence-corrected chi connectivity index (χ4v) is 2.87. The Morgan fingerprint density at radius 3 is 2.86 bits per heavy atom. The van der Waals surface area contributed by atoms with Crippen LogP contribution < -0.4 is 5.32 Å². The molecule has 0 aliphatic carbocycles. The number of benzene rings is 1. The molecule has 0 saturated carbocycles. The molecule has 0 spiro atoms. The highest BCUT2D eigenvalue weighted by atomic mass is 79.9. The van der Waals surface area contributed by atoms with Gasteiger partial charge in [0, 0.05) is 24.1 Å². The molecular formula is C15H18BrFN2O3. The summed E-state index contributed by atoms with van der Waals surface area (Å²) in [5.74, 6) is -1.20. The van der Waals surface area contributed by atoms with Gasteiger partial charge in [-0.15, -0.1) is 0 Å². The number of carboxylic acid groups (broad SMARTS) is 1. The number of amides is 2. The van der Waals surface area contributed by atoms with Crippen molar-refractivity contribution in [3.8, 4) is 0 Å². The number of likely N-dealkylation sites (tertiary alicyclic amines) is 1. The summed E-state index contributed by atoms with van der Waals surface area (Å²) < 4.78 is 14.4. The van der Waals surface area contributed by atoms with Crippen LogP contribution in [0, 0.1) is 11.2 Å². The molecule has 1 aromatic carbocycles. The Hall–Kier alpha value is -1.63. The van der Waals surface area contributed by atoms with Gasteiger partial charge in [0.1, 0.15) is 5.82 Å². The first-order valence-corrected chi connectivity index (χ1v) is 7.81. The summed E-state index contributed by atoms with van der Waals surface area (Å²) in [6.07, 6.45) is 0.817. The maximum Gasteiger partial charge on any atom is 0.317 e. The lowest BCUT2D eigenvalue weighted by Gasteiger charge is -2.20. The average Bonchev–Trinajstić information content (AvgIpc) is 2.87. The van der Waals surface area contributed by atoms with Gasteiger partial charge in [-0.3, -0.25) is 4.79 Å². The summed E-state index contributed by atoms with van der Waals surface area (Å²) in [7, 11) is 0. The van der Waals surface area contributed by atoms with Gasteiger partial charge in [-0.2, -0.15) is 0 Å². The van der Waals surface area contributed by atoms with Gasteiger partial charge in [-0.25, -0.2) is 9.18 Å². The molecular weight excluding hydrogens is 355 g/mol. The summed E-state index contributed by atoms with van der Waals surface area (Å²) in [4.78, 5) is 24.7. The van der Waals surface area contributed by atoms with E-state index in [4.69, 9.17) is 5.11 Å². The lowest BCUT2D eigenvalue weighted by atomic mass is 9.90. The van der Waals surface area contributed by atoms with Crippen molar-refractivity contribution in [2.45, 2.75) is 19.8 Å². The van der Waals surface area contributed by atoms with E-state index in [1.54, 1.807) is 19.1 Å². The summed E-state index contributed by atoms with van der Waals surface area (Å²) in [5, 5.41) is 11.9. The number of carboxylic acids is 1. The Labute approximate surface area is 136 Å². The van der Waals surface area contributed by atoms with Crippen LogP contribution in [0.15, 0.2) is 22.7 Å². The summed E-state index contributed by atoms with van der Waals surface area (Å²) >= 11 is 3.28. The number of aliphatic carboxylic acids is 1. The number of nitrogens with one attached hydrogen (secondary N) is 1. The second kappa shape index (κ2) is 6.64. The highest BCUT2D eigenvalue weighted by Gasteiger charge is 2.42. The third-order valence-corrected chi connectivity index (χ3v) is 4.45. The zero-order valence-corrected chi connectivity index (χ0v) is 13.8. The topological polar surface area (TPSA) is 69.6 Å². The molecule has 1 heterocycles. The molecule has 1 fully saturated rings. The highest BCUT2D eigenvalue weighted by molar-refractivity contribution is 9.10. The van der Waals surface area contributed by atoms with E-state index in [2.05, 4.69) is 21.2 Å². The monoisotopic (exact) mass is 372 g/mol. The number of carbonyl (C=O) groups excluding carboxylic acids is 1. The van der Waals surface area contributed by atoms with Gasteiger partial charge < -0.3 is 15.3 Å². The molecule has 1 aliphatic rings. The molecule has 0 radical (unpaired) electrons. The first-order chi connectivity index (χ1) is 10.3. The standard InChI is InChI=1S/C15H18BrFN2O3/c1-15(13(20)21)5-7-19(9-15)14(22)18-6-4-10-8-11(16)2-3-12(10)17/h2-3,8H,4-7,9H2,1H3,(H,18,22)(H,20,21). The van der Waals surface area contributed by atoms with Gasteiger partial charge in [0.2, 0.25) is 0 Å². The molecule has 22 heavy (non-hydrogen) atoms. The van der Waals surface area contributed by atoms with Crippen LogP contribution in [-0.4, -0.2) is 41.6 Å². The Kier molecular flexibility index (Phi) is 5.05. The Morgan fingerprint density at radius 1 is 1.50 bits per heavy atom. The molecule has 5 nitrogen and oxygen atoms in total. The highest BCUT2D eigenvalue weighted by Crippen LogP contribution is 2.29. The summed E-state index contributed by atoms with van der Waals surface area (Å²) in [6.45, 7) is 2.55. The molecule has 0 bridgehead atoms. The van der Waals surface area contributed by atoms with E-state index in [0.717, 1.165) is 4.47 Å². The number of urea groups is 1. The van der Waals surface area contributed by atoms with Crippen molar-refractivity contribution in [1.29, 1.82) is 0 Å². The molecule has 2 amide bonds. The maximum absolute atomic E-state index is 13.6. The minimum Gasteiger partial charge on any atom is -0.481 e. The number of hydrogen-bond donors (Lipinski definition) is 2. The van der Waals surface area contributed by atoms with E-state index in [0.29, 0.717) is 31.5 Å². The van der Waals surface area contributed by atoms with Crippen LogP contribution >= 0.6 is 15.9 Å². The van der Waals surface area contributed by atoms with Gasteiger partial charge >= 0.3 is 12.0 Å². The van der Waals surface area contributed by atoms with Crippen molar-refractivity contribution in [1.82, 2.24) is 10.2 Å².